The molecule has 3 nitrogen and oxygen atoms in total. The zero-order chi connectivity index (χ0) is 10.9. The lowest BCUT2D eigenvalue weighted by Gasteiger charge is -2.24. The zero-order valence-electron chi connectivity index (χ0n) is 9.21. The molecule has 82 valence electrons. The number of rotatable bonds is 2. The molecular weight excluding hydrogens is 190 g/mol. The smallest absolute Gasteiger partial charge is 0.119 e. The van der Waals surface area contributed by atoms with Crippen LogP contribution in [0.1, 0.15) is 17.5 Å². The van der Waals surface area contributed by atoms with Crippen molar-refractivity contribution in [2.75, 3.05) is 20.2 Å². The van der Waals surface area contributed by atoms with Gasteiger partial charge in [0.2, 0.25) is 0 Å². The van der Waals surface area contributed by atoms with Gasteiger partial charge in [-0.25, -0.2) is 0 Å². The summed E-state index contributed by atoms with van der Waals surface area (Å²) in [7, 11) is 1.65. The average molecular weight is 207 g/mol. The molecule has 0 spiro atoms. The quantitative estimate of drug-likeness (QED) is 0.765. The number of methoxy groups -OCH3 is 1. The highest BCUT2D eigenvalue weighted by Crippen LogP contribution is 2.31. The van der Waals surface area contributed by atoms with Gasteiger partial charge in [-0.15, -0.1) is 0 Å². The van der Waals surface area contributed by atoms with E-state index < -0.39 is 5.60 Å². The number of aliphatic hydroxyl groups is 1. The van der Waals surface area contributed by atoms with E-state index in [9.17, 15) is 5.11 Å². The van der Waals surface area contributed by atoms with Gasteiger partial charge in [-0.1, -0.05) is 6.07 Å². The van der Waals surface area contributed by atoms with Crippen LogP contribution in [0.3, 0.4) is 0 Å². The summed E-state index contributed by atoms with van der Waals surface area (Å²) in [6.07, 6.45) is 0.778. The molecule has 0 amide bonds. The maximum atomic E-state index is 10.4. The van der Waals surface area contributed by atoms with Crippen LogP contribution in [0.2, 0.25) is 0 Å². The molecule has 2 rings (SSSR count). The van der Waals surface area contributed by atoms with Crippen molar-refractivity contribution in [3.63, 3.8) is 0 Å². The Bertz CT molecular complexity index is 357. The second-order valence-corrected chi connectivity index (χ2v) is 4.14. The zero-order valence-corrected chi connectivity index (χ0v) is 9.21. The van der Waals surface area contributed by atoms with Crippen LogP contribution >= 0.6 is 0 Å². The average Bonchev–Trinajstić information content (AvgIpc) is 2.65. The first-order valence-corrected chi connectivity index (χ1v) is 5.24. The van der Waals surface area contributed by atoms with Gasteiger partial charge in [-0.2, -0.15) is 0 Å². The highest BCUT2D eigenvalue weighted by Gasteiger charge is 2.34. The number of hydrogen-bond donors (Lipinski definition) is 2. The Hall–Kier alpha value is -1.06. The van der Waals surface area contributed by atoms with E-state index >= 15 is 0 Å². The van der Waals surface area contributed by atoms with Gasteiger partial charge >= 0.3 is 0 Å². The van der Waals surface area contributed by atoms with Crippen molar-refractivity contribution in [3.05, 3.63) is 29.3 Å². The van der Waals surface area contributed by atoms with Crippen LogP contribution in [-0.2, 0) is 5.60 Å². The van der Waals surface area contributed by atoms with Gasteiger partial charge in [-0.05, 0) is 43.1 Å². The standard InChI is InChI=1S/C12H17NO2/c1-9-7-10(15-2)3-4-11(9)12(14)5-6-13-8-12/h3-4,7,13-14H,5-6,8H2,1-2H3. The highest BCUT2D eigenvalue weighted by atomic mass is 16.5. The van der Waals surface area contributed by atoms with Gasteiger partial charge in [0.25, 0.3) is 0 Å². The predicted molar refractivity (Wildman–Crippen MR) is 59.1 cm³/mol. The van der Waals surface area contributed by atoms with Gasteiger partial charge in [0.05, 0.1) is 7.11 Å². The molecule has 1 heterocycles. The number of ether oxygens (including phenoxy) is 1. The van der Waals surface area contributed by atoms with E-state index in [1.807, 2.05) is 25.1 Å². The third-order valence-electron chi connectivity index (χ3n) is 3.07. The summed E-state index contributed by atoms with van der Waals surface area (Å²) in [6, 6.07) is 5.82. The summed E-state index contributed by atoms with van der Waals surface area (Å²) < 4.78 is 5.15. The minimum atomic E-state index is -0.698. The highest BCUT2D eigenvalue weighted by molar-refractivity contribution is 5.38. The molecule has 2 N–H and O–H groups in total. The van der Waals surface area contributed by atoms with E-state index in [1.165, 1.54) is 0 Å². The molecule has 0 radical (unpaired) electrons. The maximum absolute atomic E-state index is 10.4. The maximum Gasteiger partial charge on any atom is 0.119 e. The van der Waals surface area contributed by atoms with Crippen molar-refractivity contribution >= 4 is 0 Å². The van der Waals surface area contributed by atoms with E-state index in [0.29, 0.717) is 6.54 Å². The molecule has 0 bridgehead atoms. The van der Waals surface area contributed by atoms with Crippen LogP contribution in [-0.4, -0.2) is 25.3 Å². The molecule has 0 aromatic heterocycles. The SMILES string of the molecule is COc1ccc(C2(O)CCNC2)c(C)c1. The van der Waals surface area contributed by atoms with Crippen LogP contribution in [0, 0.1) is 6.92 Å². The molecule has 3 heteroatoms. The molecule has 0 aliphatic carbocycles. The Labute approximate surface area is 90.1 Å². The summed E-state index contributed by atoms with van der Waals surface area (Å²) in [6.45, 7) is 3.52. The number of hydrogen-bond acceptors (Lipinski definition) is 3. The number of β-amino-alcohol motifs (C(OH)–C–C–N with tert-alkyl or cyclic N) is 1. The van der Waals surface area contributed by atoms with Crippen LogP contribution in [0.4, 0.5) is 0 Å². The fourth-order valence-electron chi connectivity index (χ4n) is 2.19. The van der Waals surface area contributed by atoms with Crippen molar-refractivity contribution in [1.29, 1.82) is 0 Å². The first-order chi connectivity index (χ1) is 7.15. The molecule has 1 aromatic rings. The van der Waals surface area contributed by atoms with Crippen molar-refractivity contribution < 1.29 is 9.84 Å². The Kier molecular flexibility index (Phi) is 2.67. The number of nitrogens with one attached hydrogen (secondary N) is 1. The Morgan fingerprint density at radius 2 is 2.27 bits per heavy atom. The van der Waals surface area contributed by atoms with Crippen molar-refractivity contribution in [3.8, 4) is 5.75 Å². The second-order valence-electron chi connectivity index (χ2n) is 4.14. The first kappa shape index (κ1) is 10.5. The van der Waals surface area contributed by atoms with Crippen molar-refractivity contribution in [2.24, 2.45) is 0 Å². The predicted octanol–water partition coefficient (Wildman–Crippen LogP) is 1.18. The van der Waals surface area contributed by atoms with Gasteiger partial charge < -0.3 is 15.2 Å². The first-order valence-electron chi connectivity index (χ1n) is 5.24. The molecular formula is C12H17NO2. The Morgan fingerprint density at radius 1 is 1.47 bits per heavy atom. The normalized spacial score (nSPS) is 25.5. The topological polar surface area (TPSA) is 41.5 Å². The lowest BCUT2D eigenvalue weighted by atomic mass is 9.89. The number of benzene rings is 1. The number of aryl methyl sites for hydroxylation is 1. The monoisotopic (exact) mass is 207 g/mol. The minimum absolute atomic E-state index is 0.639. The van der Waals surface area contributed by atoms with Crippen molar-refractivity contribution in [1.82, 2.24) is 5.32 Å². The molecule has 1 aliphatic heterocycles. The third-order valence-corrected chi connectivity index (χ3v) is 3.07. The second kappa shape index (κ2) is 3.83. The fourth-order valence-corrected chi connectivity index (χ4v) is 2.19. The molecule has 1 atom stereocenters. The summed E-state index contributed by atoms with van der Waals surface area (Å²) in [4.78, 5) is 0. The Morgan fingerprint density at radius 3 is 2.80 bits per heavy atom. The molecule has 15 heavy (non-hydrogen) atoms. The third kappa shape index (κ3) is 1.85. The van der Waals surface area contributed by atoms with E-state index in [-0.39, 0.29) is 0 Å². The van der Waals surface area contributed by atoms with Gasteiger partial charge in [-0.3, -0.25) is 0 Å². The van der Waals surface area contributed by atoms with E-state index in [4.69, 9.17) is 4.74 Å². The fraction of sp³-hybridized carbons (Fsp3) is 0.500. The summed E-state index contributed by atoms with van der Waals surface area (Å²) in [5.41, 5.74) is 1.39. The Balaban J connectivity index is 2.36. The van der Waals surface area contributed by atoms with Crippen LogP contribution in [0.5, 0.6) is 5.75 Å². The molecule has 1 aliphatic rings. The molecule has 1 unspecified atom stereocenters. The lowest BCUT2D eigenvalue weighted by Crippen LogP contribution is -2.29. The minimum Gasteiger partial charge on any atom is -0.497 e. The van der Waals surface area contributed by atoms with Crippen LogP contribution in [0.15, 0.2) is 18.2 Å². The summed E-state index contributed by atoms with van der Waals surface area (Å²) in [5, 5.41) is 13.6. The van der Waals surface area contributed by atoms with E-state index in [2.05, 4.69) is 5.32 Å². The van der Waals surface area contributed by atoms with Gasteiger partial charge in [0.15, 0.2) is 0 Å². The van der Waals surface area contributed by atoms with Crippen molar-refractivity contribution in [2.45, 2.75) is 18.9 Å². The molecule has 1 saturated heterocycles. The van der Waals surface area contributed by atoms with E-state index in [0.717, 1.165) is 29.8 Å². The molecule has 0 saturated carbocycles. The van der Waals surface area contributed by atoms with Crippen LogP contribution in [0.25, 0.3) is 0 Å². The van der Waals surface area contributed by atoms with Gasteiger partial charge in [0, 0.05) is 6.54 Å². The lowest BCUT2D eigenvalue weighted by molar-refractivity contribution is 0.0580. The van der Waals surface area contributed by atoms with Gasteiger partial charge in [0.1, 0.15) is 11.4 Å². The summed E-state index contributed by atoms with van der Waals surface area (Å²) >= 11 is 0. The largest absolute Gasteiger partial charge is 0.497 e. The van der Waals surface area contributed by atoms with Crippen LogP contribution < -0.4 is 10.1 Å². The molecule has 1 fully saturated rings. The molecule has 1 aromatic carbocycles. The summed E-state index contributed by atoms with van der Waals surface area (Å²) in [5.74, 6) is 0.839. The van der Waals surface area contributed by atoms with E-state index in [1.54, 1.807) is 7.11 Å².